The number of fused-ring (bicyclic) bond motifs is 1. The minimum atomic E-state index is -3.99. The fourth-order valence-electron chi connectivity index (χ4n) is 2.05. The molecule has 0 spiro atoms. The quantitative estimate of drug-likeness (QED) is 0.693. The molecule has 2 rings (SSSR count). The van der Waals surface area contributed by atoms with Crippen molar-refractivity contribution in [1.29, 1.82) is 0 Å². The van der Waals surface area contributed by atoms with Crippen molar-refractivity contribution in [2.24, 2.45) is 0 Å². The van der Waals surface area contributed by atoms with Crippen LogP contribution >= 0.6 is 0 Å². The smallest absolute Gasteiger partial charge is 0.324 e. The van der Waals surface area contributed by atoms with E-state index in [-0.39, 0.29) is 4.90 Å². The van der Waals surface area contributed by atoms with E-state index >= 15 is 0 Å². The number of sulfonamides is 1. The summed E-state index contributed by atoms with van der Waals surface area (Å²) < 4.78 is 42.9. The zero-order valence-corrected chi connectivity index (χ0v) is 15.7. The van der Waals surface area contributed by atoms with Crippen LogP contribution in [0.5, 0.6) is 11.5 Å². The minimum absolute atomic E-state index is 0.0641. The molecule has 1 atom stereocenters. The fraction of sp³-hybridized carbons (Fsp3) is 0.500. The lowest BCUT2D eigenvalue weighted by atomic mass is 10.3. The molecule has 0 aromatic heterocycles. The minimum Gasteiger partial charge on any atom is -0.490 e. The Hall–Kier alpha value is -2.33. The molecule has 1 aliphatic rings. The van der Waals surface area contributed by atoms with Gasteiger partial charge in [0, 0.05) is 26.6 Å². The lowest BCUT2D eigenvalue weighted by Crippen LogP contribution is -2.40. The summed E-state index contributed by atoms with van der Waals surface area (Å²) in [6.07, 6.45) is 0.698. The topological polar surface area (TPSA) is 111 Å². The monoisotopic (exact) mass is 386 g/mol. The van der Waals surface area contributed by atoms with Crippen molar-refractivity contribution in [1.82, 2.24) is 9.62 Å². The predicted molar refractivity (Wildman–Crippen MR) is 91.5 cm³/mol. The molecule has 9 nitrogen and oxygen atoms in total. The summed E-state index contributed by atoms with van der Waals surface area (Å²) in [4.78, 5) is 24.5. The maximum absolute atomic E-state index is 12.5. The van der Waals surface area contributed by atoms with Crippen molar-refractivity contribution in [2.75, 3.05) is 33.9 Å². The molecule has 144 valence electrons. The van der Waals surface area contributed by atoms with Crippen LogP contribution in [0.1, 0.15) is 13.3 Å². The average molecular weight is 386 g/mol. The van der Waals surface area contributed by atoms with Gasteiger partial charge < -0.3 is 19.1 Å². The molecule has 0 bridgehead atoms. The van der Waals surface area contributed by atoms with E-state index in [0.717, 1.165) is 0 Å². The Morgan fingerprint density at radius 1 is 1.23 bits per heavy atom. The molecule has 1 N–H and O–H groups in total. The number of nitrogens with zero attached hydrogens (tertiary/aromatic N) is 1. The van der Waals surface area contributed by atoms with Crippen LogP contribution in [-0.2, 0) is 24.3 Å². The van der Waals surface area contributed by atoms with Crippen LogP contribution in [0.3, 0.4) is 0 Å². The summed E-state index contributed by atoms with van der Waals surface area (Å²) in [5.41, 5.74) is 0. The number of hydrogen-bond donors (Lipinski definition) is 1. The number of benzene rings is 1. The third-order valence-electron chi connectivity index (χ3n) is 3.55. The molecule has 1 amide bonds. The van der Waals surface area contributed by atoms with Gasteiger partial charge in [0.15, 0.2) is 18.1 Å². The molecule has 10 heteroatoms. The molecule has 1 aromatic rings. The summed E-state index contributed by atoms with van der Waals surface area (Å²) in [6, 6.07) is 3.06. The molecule has 0 unspecified atom stereocenters. The summed E-state index contributed by atoms with van der Waals surface area (Å²) in [5.74, 6) is -0.456. The van der Waals surface area contributed by atoms with E-state index in [0.29, 0.717) is 31.1 Å². The molecule has 0 saturated carbocycles. The van der Waals surface area contributed by atoms with Crippen molar-refractivity contribution in [2.45, 2.75) is 24.3 Å². The highest BCUT2D eigenvalue weighted by molar-refractivity contribution is 7.89. The molecule has 1 aromatic carbocycles. The maximum Gasteiger partial charge on any atom is 0.324 e. The van der Waals surface area contributed by atoms with Crippen molar-refractivity contribution in [3.8, 4) is 11.5 Å². The maximum atomic E-state index is 12.5. The Morgan fingerprint density at radius 2 is 1.88 bits per heavy atom. The van der Waals surface area contributed by atoms with Gasteiger partial charge in [0.05, 0.1) is 18.1 Å². The summed E-state index contributed by atoms with van der Waals surface area (Å²) in [5, 5.41) is 0. The van der Waals surface area contributed by atoms with E-state index in [1.807, 2.05) is 0 Å². The Labute approximate surface area is 152 Å². The highest BCUT2D eigenvalue weighted by atomic mass is 32.2. The molecule has 0 saturated heterocycles. The number of amides is 1. The van der Waals surface area contributed by atoms with Crippen LogP contribution in [0, 0.1) is 0 Å². The number of esters is 1. The van der Waals surface area contributed by atoms with Crippen LogP contribution in [0.4, 0.5) is 0 Å². The van der Waals surface area contributed by atoms with E-state index in [1.54, 1.807) is 0 Å². The second-order valence-electron chi connectivity index (χ2n) is 5.90. The molecule has 0 aliphatic carbocycles. The third-order valence-corrected chi connectivity index (χ3v) is 5.09. The van der Waals surface area contributed by atoms with Crippen molar-refractivity contribution >= 4 is 21.9 Å². The van der Waals surface area contributed by atoms with Crippen molar-refractivity contribution < 1.29 is 32.2 Å². The molecule has 0 fully saturated rings. The van der Waals surface area contributed by atoms with Gasteiger partial charge in [-0.15, -0.1) is 0 Å². The van der Waals surface area contributed by atoms with E-state index < -0.39 is 34.5 Å². The zero-order valence-electron chi connectivity index (χ0n) is 14.9. The molecular weight excluding hydrogens is 364 g/mol. The second kappa shape index (κ2) is 8.37. The lowest BCUT2D eigenvalue weighted by molar-refractivity contribution is -0.152. The van der Waals surface area contributed by atoms with Gasteiger partial charge in [0.2, 0.25) is 10.0 Å². The highest BCUT2D eigenvalue weighted by Gasteiger charge is 2.25. The van der Waals surface area contributed by atoms with Gasteiger partial charge in [0.25, 0.3) is 5.91 Å². The Kier molecular flexibility index (Phi) is 6.43. The van der Waals surface area contributed by atoms with Gasteiger partial charge >= 0.3 is 5.97 Å². The van der Waals surface area contributed by atoms with Gasteiger partial charge in [-0.05, 0) is 19.1 Å². The van der Waals surface area contributed by atoms with Gasteiger partial charge in [-0.1, -0.05) is 0 Å². The first kappa shape index (κ1) is 20.0. The number of carbonyl (C=O) groups is 2. The zero-order chi connectivity index (χ0) is 19.3. The van der Waals surface area contributed by atoms with Crippen LogP contribution in [-0.4, -0.2) is 65.2 Å². The number of hydrogen-bond acceptors (Lipinski definition) is 7. The second-order valence-corrected chi connectivity index (χ2v) is 7.61. The molecule has 1 heterocycles. The van der Waals surface area contributed by atoms with Crippen LogP contribution in [0.25, 0.3) is 0 Å². The van der Waals surface area contributed by atoms with Gasteiger partial charge in [-0.2, -0.15) is 4.72 Å². The number of carbonyl (C=O) groups excluding carboxylic acids is 2. The summed E-state index contributed by atoms with van der Waals surface area (Å²) >= 11 is 0. The van der Waals surface area contributed by atoms with E-state index in [2.05, 4.69) is 4.72 Å². The van der Waals surface area contributed by atoms with Gasteiger partial charge in [-0.3, -0.25) is 9.59 Å². The average Bonchev–Trinajstić information content (AvgIpc) is 2.83. The number of likely N-dealkylation sites (N-methyl/N-ethyl adjacent to an activating group) is 1. The first-order chi connectivity index (χ1) is 12.2. The number of nitrogens with one attached hydrogen (secondary N) is 1. The Balaban J connectivity index is 2.04. The van der Waals surface area contributed by atoms with Crippen molar-refractivity contribution in [3.63, 3.8) is 0 Å². The van der Waals surface area contributed by atoms with E-state index in [1.165, 1.54) is 44.1 Å². The van der Waals surface area contributed by atoms with E-state index in [4.69, 9.17) is 14.2 Å². The highest BCUT2D eigenvalue weighted by Crippen LogP contribution is 2.31. The molecule has 1 aliphatic heterocycles. The number of rotatable bonds is 6. The van der Waals surface area contributed by atoms with Crippen molar-refractivity contribution in [3.05, 3.63) is 18.2 Å². The normalized spacial score (nSPS) is 14.9. The van der Waals surface area contributed by atoms with E-state index in [9.17, 15) is 18.0 Å². The molecular formula is C16H22N2O7S. The van der Waals surface area contributed by atoms with Crippen LogP contribution < -0.4 is 14.2 Å². The lowest BCUT2D eigenvalue weighted by Gasteiger charge is -2.16. The third kappa shape index (κ3) is 5.09. The first-order valence-corrected chi connectivity index (χ1v) is 9.48. The predicted octanol–water partition coefficient (Wildman–Crippen LogP) is 0.146. The molecule has 26 heavy (non-hydrogen) atoms. The standard InChI is InChI=1S/C16H22N2O7S/c1-11(16(20)25-10-15(19)18(2)3)17-26(21,22)12-5-6-13-14(9-12)24-8-4-7-23-13/h5-6,9,11,17H,4,7-8,10H2,1-3H3/t11-/m0/s1. The van der Waals surface area contributed by atoms with Crippen LogP contribution in [0.2, 0.25) is 0 Å². The summed E-state index contributed by atoms with van der Waals surface area (Å²) in [6.45, 7) is 1.80. The van der Waals surface area contributed by atoms with Gasteiger partial charge in [0.1, 0.15) is 6.04 Å². The SMILES string of the molecule is C[C@H](NS(=O)(=O)c1ccc2c(c1)OCCCO2)C(=O)OCC(=O)N(C)C. The number of ether oxygens (including phenoxy) is 3. The van der Waals surface area contributed by atoms with Gasteiger partial charge in [-0.25, -0.2) is 8.42 Å². The molecule has 0 radical (unpaired) electrons. The Bertz CT molecular complexity index is 777. The summed E-state index contributed by atoms with van der Waals surface area (Å²) in [7, 11) is -0.946. The Morgan fingerprint density at radius 3 is 2.54 bits per heavy atom. The fourth-order valence-corrected chi connectivity index (χ4v) is 3.25. The largest absolute Gasteiger partial charge is 0.490 e. The van der Waals surface area contributed by atoms with Crippen LogP contribution in [0.15, 0.2) is 23.1 Å². The first-order valence-electron chi connectivity index (χ1n) is 7.99.